The van der Waals surface area contributed by atoms with Crippen LogP contribution in [0.25, 0.3) is 10.9 Å². The van der Waals surface area contributed by atoms with Crippen molar-refractivity contribution in [3.05, 3.63) is 70.1 Å². The van der Waals surface area contributed by atoms with Crippen molar-refractivity contribution in [1.29, 1.82) is 0 Å². The summed E-state index contributed by atoms with van der Waals surface area (Å²) in [7, 11) is 0. The molecule has 20 heavy (non-hydrogen) atoms. The van der Waals surface area contributed by atoms with Crippen LogP contribution in [0.1, 0.15) is 15.9 Å². The van der Waals surface area contributed by atoms with Crippen molar-refractivity contribution in [2.45, 2.75) is 6.54 Å². The molecule has 1 heterocycles. The third-order valence-electron chi connectivity index (χ3n) is 3.35. The van der Waals surface area contributed by atoms with E-state index in [-0.39, 0.29) is 5.82 Å². The molecule has 0 unspecified atom stereocenters. The Morgan fingerprint density at radius 1 is 1.15 bits per heavy atom. The highest BCUT2D eigenvalue weighted by molar-refractivity contribution is 9.10. The van der Waals surface area contributed by atoms with E-state index in [4.69, 9.17) is 0 Å². The summed E-state index contributed by atoms with van der Waals surface area (Å²) in [5, 5.41) is 0.912. The van der Waals surface area contributed by atoms with Crippen LogP contribution in [-0.4, -0.2) is 10.9 Å². The first kappa shape index (κ1) is 13.1. The number of halogens is 2. The van der Waals surface area contributed by atoms with Gasteiger partial charge in [-0.1, -0.05) is 24.3 Å². The molecule has 0 spiro atoms. The van der Waals surface area contributed by atoms with Crippen LogP contribution in [-0.2, 0) is 6.54 Å². The highest BCUT2D eigenvalue weighted by atomic mass is 79.9. The number of hydrogen-bond acceptors (Lipinski definition) is 1. The van der Waals surface area contributed by atoms with E-state index in [9.17, 15) is 9.18 Å². The monoisotopic (exact) mass is 331 g/mol. The lowest BCUT2D eigenvalue weighted by atomic mass is 10.1. The van der Waals surface area contributed by atoms with Crippen molar-refractivity contribution in [2.75, 3.05) is 0 Å². The number of carbonyl (C=O) groups is 1. The largest absolute Gasteiger partial charge is 0.343 e. The molecule has 1 aromatic heterocycles. The summed E-state index contributed by atoms with van der Waals surface area (Å²) < 4.78 is 16.0. The normalized spacial score (nSPS) is 10.9. The molecule has 100 valence electrons. The fourth-order valence-electron chi connectivity index (χ4n) is 2.34. The highest BCUT2D eigenvalue weighted by Gasteiger charge is 2.09. The lowest BCUT2D eigenvalue weighted by molar-refractivity contribution is 0.112. The second-order valence-corrected chi connectivity index (χ2v) is 5.35. The van der Waals surface area contributed by atoms with Gasteiger partial charge in [-0.25, -0.2) is 4.39 Å². The molecule has 0 radical (unpaired) electrons. The minimum Gasteiger partial charge on any atom is -0.343 e. The Hall–Kier alpha value is -1.94. The fraction of sp³-hybridized carbons (Fsp3) is 0.0625. The molecule has 0 aliphatic heterocycles. The molecule has 0 N–H and O–H groups in total. The quantitative estimate of drug-likeness (QED) is 0.652. The van der Waals surface area contributed by atoms with E-state index in [2.05, 4.69) is 15.9 Å². The molecule has 0 bridgehead atoms. The Bertz CT molecular complexity index is 794. The van der Waals surface area contributed by atoms with Gasteiger partial charge in [-0.2, -0.15) is 0 Å². The molecule has 0 saturated carbocycles. The summed E-state index contributed by atoms with van der Waals surface area (Å²) in [4.78, 5) is 11.0. The average Bonchev–Trinajstić information content (AvgIpc) is 2.87. The van der Waals surface area contributed by atoms with E-state index in [1.54, 1.807) is 12.1 Å². The second-order valence-electron chi connectivity index (χ2n) is 4.55. The molecule has 3 rings (SSSR count). The topological polar surface area (TPSA) is 22.0 Å². The molecular formula is C16H11BrFNO. The van der Waals surface area contributed by atoms with E-state index in [1.807, 2.05) is 35.0 Å². The van der Waals surface area contributed by atoms with Crippen molar-refractivity contribution in [1.82, 2.24) is 4.57 Å². The Balaban J connectivity index is 2.08. The maximum absolute atomic E-state index is 13.5. The van der Waals surface area contributed by atoms with Crippen molar-refractivity contribution in [2.24, 2.45) is 0 Å². The summed E-state index contributed by atoms with van der Waals surface area (Å²) in [5.41, 5.74) is 2.49. The minimum atomic E-state index is -0.271. The highest BCUT2D eigenvalue weighted by Crippen LogP contribution is 2.24. The molecule has 0 fully saturated rings. The molecule has 0 atom stereocenters. The third kappa shape index (κ3) is 2.16. The third-order valence-corrected chi connectivity index (χ3v) is 4.23. The van der Waals surface area contributed by atoms with Crippen LogP contribution >= 0.6 is 15.9 Å². The zero-order valence-corrected chi connectivity index (χ0v) is 12.1. The summed E-state index contributed by atoms with van der Waals surface area (Å²) in [6, 6.07) is 12.5. The lowest BCUT2D eigenvalue weighted by Gasteiger charge is -2.08. The summed E-state index contributed by atoms with van der Waals surface area (Å²) in [5.74, 6) is -0.271. The van der Waals surface area contributed by atoms with Crippen LogP contribution in [0.4, 0.5) is 4.39 Å². The predicted octanol–water partition coefficient (Wildman–Crippen LogP) is 4.40. The molecule has 0 saturated heterocycles. The Kier molecular flexibility index (Phi) is 3.40. The van der Waals surface area contributed by atoms with E-state index in [0.29, 0.717) is 16.6 Å². The number of aromatic nitrogens is 1. The predicted molar refractivity (Wildman–Crippen MR) is 80.5 cm³/mol. The number of rotatable bonds is 3. The Morgan fingerprint density at radius 3 is 2.75 bits per heavy atom. The van der Waals surface area contributed by atoms with Crippen molar-refractivity contribution in [3.63, 3.8) is 0 Å². The van der Waals surface area contributed by atoms with Gasteiger partial charge in [-0.3, -0.25) is 4.79 Å². The van der Waals surface area contributed by atoms with E-state index in [0.717, 1.165) is 22.8 Å². The minimum absolute atomic E-state index is 0.271. The number of benzene rings is 2. The van der Waals surface area contributed by atoms with E-state index in [1.165, 1.54) is 6.07 Å². The zero-order chi connectivity index (χ0) is 14.1. The van der Waals surface area contributed by atoms with Gasteiger partial charge in [-0.05, 0) is 39.7 Å². The summed E-state index contributed by atoms with van der Waals surface area (Å²) in [6.45, 7) is 0.546. The van der Waals surface area contributed by atoms with Gasteiger partial charge in [0.05, 0.1) is 4.47 Å². The van der Waals surface area contributed by atoms with Crippen molar-refractivity contribution < 1.29 is 9.18 Å². The smallest absolute Gasteiger partial charge is 0.150 e. The van der Waals surface area contributed by atoms with Crippen molar-refractivity contribution >= 4 is 33.1 Å². The first-order valence-corrected chi connectivity index (χ1v) is 6.96. The van der Waals surface area contributed by atoms with Crippen molar-refractivity contribution in [3.8, 4) is 0 Å². The molecule has 0 aliphatic carbocycles. The Labute approximate surface area is 124 Å². The zero-order valence-electron chi connectivity index (χ0n) is 10.5. The van der Waals surface area contributed by atoms with Gasteiger partial charge in [-0.15, -0.1) is 0 Å². The molecule has 0 aliphatic rings. The second kappa shape index (κ2) is 5.21. The summed E-state index contributed by atoms with van der Waals surface area (Å²) >= 11 is 3.27. The molecular weight excluding hydrogens is 321 g/mol. The van der Waals surface area contributed by atoms with Crippen LogP contribution in [0.3, 0.4) is 0 Å². The van der Waals surface area contributed by atoms with Crippen LogP contribution in [0.5, 0.6) is 0 Å². The van der Waals surface area contributed by atoms with Gasteiger partial charge in [0.15, 0.2) is 6.29 Å². The lowest BCUT2D eigenvalue weighted by Crippen LogP contribution is -2.00. The van der Waals surface area contributed by atoms with Gasteiger partial charge in [0, 0.05) is 29.2 Å². The van der Waals surface area contributed by atoms with E-state index < -0.39 is 0 Å². The molecule has 0 amide bonds. The first-order valence-electron chi connectivity index (χ1n) is 6.16. The van der Waals surface area contributed by atoms with Gasteiger partial charge < -0.3 is 4.57 Å². The maximum atomic E-state index is 13.5. The van der Waals surface area contributed by atoms with E-state index >= 15 is 0 Å². The number of hydrogen-bond donors (Lipinski definition) is 0. The molecule has 4 heteroatoms. The van der Waals surface area contributed by atoms with Crippen LogP contribution in [0.2, 0.25) is 0 Å². The fourth-order valence-corrected chi connectivity index (χ4v) is 2.73. The SMILES string of the molecule is O=Cc1cccc2c1ccn2Cc1cccc(F)c1Br. The number of aldehydes is 1. The van der Waals surface area contributed by atoms with Crippen LogP contribution in [0, 0.1) is 5.82 Å². The average molecular weight is 332 g/mol. The van der Waals surface area contributed by atoms with Gasteiger partial charge >= 0.3 is 0 Å². The van der Waals surface area contributed by atoms with Crippen LogP contribution < -0.4 is 0 Å². The molecule has 2 aromatic carbocycles. The van der Waals surface area contributed by atoms with Gasteiger partial charge in [0.25, 0.3) is 0 Å². The molecule has 3 aromatic rings. The first-order chi connectivity index (χ1) is 9.70. The van der Waals surface area contributed by atoms with Gasteiger partial charge in [0.1, 0.15) is 5.82 Å². The number of fused-ring (bicyclic) bond motifs is 1. The van der Waals surface area contributed by atoms with Gasteiger partial charge in [0.2, 0.25) is 0 Å². The standard InChI is InChI=1S/C16H11BrFNO/c17-16-11(3-1-5-14(16)18)9-19-8-7-13-12(10-20)4-2-6-15(13)19/h1-8,10H,9H2. The Morgan fingerprint density at radius 2 is 1.95 bits per heavy atom. The van der Waals surface area contributed by atoms with Crippen LogP contribution in [0.15, 0.2) is 53.1 Å². The number of nitrogens with zero attached hydrogens (tertiary/aromatic N) is 1. The maximum Gasteiger partial charge on any atom is 0.150 e. The molecule has 2 nitrogen and oxygen atoms in total. The number of carbonyl (C=O) groups excluding carboxylic acids is 1. The summed E-state index contributed by atoms with van der Waals surface area (Å²) in [6.07, 6.45) is 2.76.